The van der Waals surface area contributed by atoms with Crippen molar-refractivity contribution in [2.24, 2.45) is 17.6 Å². The van der Waals surface area contributed by atoms with Gasteiger partial charge in [-0.2, -0.15) is 0 Å². The molecule has 1 aliphatic rings. The zero-order valence-electron chi connectivity index (χ0n) is 9.67. The molecular weight excluding hydrogens is 174 g/mol. The van der Waals surface area contributed by atoms with Gasteiger partial charge in [0.25, 0.3) is 0 Å². The van der Waals surface area contributed by atoms with Gasteiger partial charge in [0, 0.05) is 6.61 Å². The summed E-state index contributed by atoms with van der Waals surface area (Å²) in [4.78, 5) is 0. The number of hydrogen-bond donors (Lipinski definition) is 1. The minimum absolute atomic E-state index is 0.451. The van der Waals surface area contributed by atoms with E-state index in [4.69, 9.17) is 10.5 Å². The molecule has 0 aromatic heterocycles. The van der Waals surface area contributed by atoms with Crippen LogP contribution in [0.25, 0.3) is 0 Å². The van der Waals surface area contributed by atoms with Gasteiger partial charge in [0.05, 0.1) is 6.10 Å². The molecule has 1 saturated carbocycles. The first-order valence-electron chi connectivity index (χ1n) is 6.05. The van der Waals surface area contributed by atoms with E-state index in [0.29, 0.717) is 12.0 Å². The van der Waals surface area contributed by atoms with Crippen molar-refractivity contribution in [2.75, 3.05) is 13.2 Å². The molecule has 1 fully saturated rings. The fourth-order valence-electron chi connectivity index (χ4n) is 2.12. The lowest BCUT2D eigenvalue weighted by atomic mass is 9.86. The molecule has 0 amide bonds. The third kappa shape index (κ3) is 3.97. The second-order valence-corrected chi connectivity index (χ2v) is 4.87. The van der Waals surface area contributed by atoms with Gasteiger partial charge in [0.2, 0.25) is 0 Å². The maximum atomic E-state index is 5.92. The quantitative estimate of drug-likeness (QED) is 0.738. The van der Waals surface area contributed by atoms with Gasteiger partial charge in [0.1, 0.15) is 0 Å². The van der Waals surface area contributed by atoms with E-state index in [1.807, 2.05) is 0 Å². The van der Waals surface area contributed by atoms with Crippen LogP contribution >= 0.6 is 0 Å². The maximum Gasteiger partial charge on any atom is 0.0615 e. The number of rotatable bonds is 5. The highest BCUT2D eigenvalue weighted by Crippen LogP contribution is 2.26. The summed E-state index contributed by atoms with van der Waals surface area (Å²) < 4.78 is 5.92. The molecule has 1 aliphatic carbocycles. The molecule has 14 heavy (non-hydrogen) atoms. The summed E-state index contributed by atoms with van der Waals surface area (Å²) >= 11 is 0. The number of ether oxygens (including phenoxy) is 1. The Hall–Kier alpha value is -0.0800. The third-order valence-corrected chi connectivity index (χ3v) is 3.17. The highest BCUT2D eigenvalue weighted by molar-refractivity contribution is 4.76. The van der Waals surface area contributed by atoms with E-state index in [1.54, 1.807) is 0 Å². The van der Waals surface area contributed by atoms with Crippen molar-refractivity contribution in [3.05, 3.63) is 0 Å². The molecular formula is C12H25NO. The van der Waals surface area contributed by atoms with Crippen LogP contribution in [0.1, 0.15) is 46.0 Å². The predicted octanol–water partition coefficient (Wildman–Crippen LogP) is 2.57. The van der Waals surface area contributed by atoms with Gasteiger partial charge in [-0.1, -0.05) is 26.7 Å². The summed E-state index contributed by atoms with van der Waals surface area (Å²) in [5.41, 5.74) is 5.75. The van der Waals surface area contributed by atoms with Crippen molar-refractivity contribution in [1.82, 2.24) is 0 Å². The first-order chi connectivity index (χ1) is 6.74. The fourth-order valence-corrected chi connectivity index (χ4v) is 2.12. The lowest BCUT2D eigenvalue weighted by molar-refractivity contribution is -0.0120. The minimum Gasteiger partial charge on any atom is -0.378 e. The normalized spacial score (nSPS) is 28.3. The summed E-state index contributed by atoms with van der Waals surface area (Å²) in [5.74, 6) is 1.37. The Morgan fingerprint density at radius 2 is 2.00 bits per heavy atom. The van der Waals surface area contributed by atoms with Gasteiger partial charge in [0.15, 0.2) is 0 Å². The van der Waals surface area contributed by atoms with Crippen molar-refractivity contribution in [3.63, 3.8) is 0 Å². The Balaban J connectivity index is 2.19. The lowest BCUT2D eigenvalue weighted by Crippen LogP contribution is -2.33. The minimum atomic E-state index is 0.451. The standard InChI is InChI=1S/C12H25NO/c1-10(2)7-8-14-12-6-4-3-5-11(12)9-13/h10-12H,3-9,13H2,1-2H3. The van der Waals surface area contributed by atoms with Crippen molar-refractivity contribution in [2.45, 2.75) is 52.1 Å². The Bertz CT molecular complexity index is 147. The summed E-state index contributed by atoms with van der Waals surface area (Å²) in [6.45, 7) is 6.19. The highest BCUT2D eigenvalue weighted by atomic mass is 16.5. The number of hydrogen-bond acceptors (Lipinski definition) is 2. The molecule has 0 aliphatic heterocycles. The first kappa shape index (κ1) is 12.0. The van der Waals surface area contributed by atoms with Crippen molar-refractivity contribution < 1.29 is 4.74 Å². The Labute approximate surface area is 88.2 Å². The molecule has 0 heterocycles. The molecule has 2 atom stereocenters. The zero-order chi connectivity index (χ0) is 10.4. The maximum absolute atomic E-state index is 5.92. The van der Waals surface area contributed by atoms with Crippen molar-refractivity contribution in [1.29, 1.82) is 0 Å². The van der Waals surface area contributed by atoms with E-state index in [-0.39, 0.29) is 0 Å². The third-order valence-electron chi connectivity index (χ3n) is 3.17. The van der Waals surface area contributed by atoms with Crippen LogP contribution in [0.2, 0.25) is 0 Å². The van der Waals surface area contributed by atoms with Crippen LogP contribution in [0.5, 0.6) is 0 Å². The van der Waals surface area contributed by atoms with Gasteiger partial charge >= 0.3 is 0 Å². The second kappa shape index (κ2) is 6.41. The smallest absolute Gasteiger partial charge is 0.0615 e. The summed E-state index contributed by atoms with van der Waals surface area (Å²) in [6.07, 6.45) is 6.78. The van der Waals surface area contributed by atoms with Crippen LogP contribution in [0.15, 0.2) is 0 Å². The Kier molecular flexibility index (Phi) is 5.49. The van der Waals surface area contributed by atoms with Gasteiger partial charge in [-0.3, -0.25) is 0 Å². The van der Waals surface area contributed by atoms with Crippen LogP contribution < -0.4 is 5.73 Å². The molecule has 0 aromatic carbocycles. The summed E-state index contributed by atoms with van der Waals surface area (Å²) in [6, 6.07) is 0. The average molecular weight is 199 g/mol. The monoisotopic (exact) mass is 199 g/mol. The van der Waals surface area contributed by atoms with E-state index in [1.165, 1.54) is 32.1 Å². The molecule has 84 valence electrons. The summed E-state index contributed by atoms with van der Waals surface area (Å²) in [5, 5.41) is 0. The van der Waals surface area contributed by atoms with Crippen LogP contribution in [0.4, 0.5) is 0 Å². The topological polar surface area (TPSA) is 35.2 Å². The first-order valence-corrected chi connectivity index (χ1v) is 6.05. The fraction of sp³-hybridized carbons (Fsp3) is 1.00. The molecule has 0 bridgehead atoms. The van der Waals surface area contributed by atoms with Crippen molar-refractivity contribution in [3.8, 4) is 0 Å². The second-order valence-electron chi connectivity index (χ2n) is 4.87. The molecule has 0 spiro atoms. The Morgan fingerprint density at radius 3 is 2.64 bits per heavy atom. The van der Waals surface area contributed by atoms with Crippen LogP contribution in [0.3, 0.4) is 0 Å². The van der Waals surface area contributed by atoms with E-state index in [2.05, 4.69) is 13.8 Å². The molecule has 2 nitrogen and oxygen atoms in total. The number of nitrogens with two attached hydrogens (primary N) is 1. The SMILES string of the molecule is CC(C)CCOC1CCCCC1CN. The van der Waals surface area contributed by atoms with Gasteiger partial charge in [-0.25, -0.2) is 0 Å². The molecule has 2 unspecified atom stereocenters. The van der Waals surface area contributed by atoms with Gasteiger partial charge < -0.3 is 10.5 Å². The van der Waals surface area contributed by atoms with Crippen LogP contribution in [-0.2, 0) is 4.74 Å². The van der Waals surface area contributed by atoms with E-state index < -0.39 is 0 Å². The lowest BCUT2D eigenvalue weighted by Gasteiger charge is -2.30. The molecule has 0 radical (unpaired) electrons. The van der Waals surface area contributed by atoms with Gasteiger partial charge in [-0.05, 0) is 37.6 Å². The predicted molar refractivity (Wildman–Crippen MR) is 60.2 cm³/mol. The van der Waals surface area contributed by atoms with Crippen molar-refractivity contribution >= 4 is 0 Å². The molecule has 0 saturated heterocycles. The van der Waals surface area contributed by atoms with E-state index in [0.717, 1.165) is 19.1 Å². The van der Waals surface area contributed by atoms with Gasteiger partial charge in [-0.15, -0.1) is 0 Å². The highest BCUT2D eigenvalue weighted by Gasteiger charge is 2.24. The Morgan fingerprint density at radius 1 is 1.29 bits per heavy atom. The van der Waals surface area contributed by atoms with E-state index >= 15 is 0 Å². The van der Waals surface area contributed by atoms with Crippen LogP contribution in [0, 0.1) is 11.8 Å². The largest absolute Gasteiger partial charge is 0.378 e. The zero-order valence-corrected chi connectivity index (χ0v) is 9.67. The van der Waals surface area contributed by atoms with E-state index in [9.17, 15) is 0 Å². The molecule has 2 heteroatoms. The molecule has 2 N–H and O–H groups in total. The van der Waals surface area contributed by atoms with Crippen LogP contribution in [-0.4, -0.2) is 19.3 Å². The average Bonchev–Trinajstić information content (AvgIpc) is 2.18. The molecule has 0 aromatic rings. The summed E-state index contributed by atoms with van der Waals surface area (Å²) in [7, 11) is 0. The molecule has 1 rings (SSSR count).